The molecule has 0 amide bonds. The molecular weight excluding hydrogens is 538 g/mol. The van der Waals surface area contributed by atoms with Gasteiger partial charge in [-0.05, 0) is 19.1 Å². The van der Waals surface area contributed by atoms with Gasteiger partial charge in [0.05, 0.1) is 46.2 Å². The summed E-state index contributed by atoms with van der Waals surface area (Å²) in [5, 5.41) is 27.6. The number of benzene rings is 1. The Morgan fingerprint density at radius 3 is 1.74 bits per heavy atom. The molecule has 10 nitrogen and oxygen atoms in total. The van der Waals surface area contributed by atoms with Gasteiger partial charge in [-0.1, -0.05) is 17.7 Å². The highest BCUT2D eigenvalue weighted by molar-refractivity contribution is 5.26. The zero-order valence-corrected chi connectivity index (χ0v) is 20.5. The molecule has 0 radical (unpaired) electrons. The maximum atomic E-state index is 13.6. The molecule has 0 saturated carbocycles. The van der Waals surface area contributed by atoms with Gasteiger partial charge in [-0.15, -0.1) is 8.78 Å². The first-order valence-corrected chi connectivity index (χ1v) is 11.2. The van der Waals surface area contributed by atoms with Gasteiger partial charge in [-0.25, -0.2) is 9.47 Å². The van der Waals surface area contributed by atoms with E-state index in [1.165, 1.54) is 0 Å². The molecule has 0 heterocycles. The van der Waals surface area contributed by atoms with Crippen molar-refractivity contribution < 1.29 is 74.8 Å². The molecule has 0 bridgehead atoms. The van der Waals surface area contributed by atoms with E-state index in [1.807, 2.05) is 19.1 Å². The number of hydrogen-bond donors (Lipinski definition) is 3. The van der Waals surface area contributed by atoms with E-state index in [0.717, 1.165) is 5.56 Å². The summed E-state index contributed by atoms with van der Waals surface area (Å²) < 4.78 is 111. The van der Waals surface area contributed by atoms with Gasteiger partial charge in [0.2, 0.25) is 0 Å². The second-order valence-corrected chi connectivity index (χ2v) is 7.82. The van der Waals surface area contributed by atoms with Crippen molar-refractivity contribution in [3.8, 4) is 5.75 Å². The zero-order valence-electron chi connectivity index (χ0n) is 20.5. The molecule has 1 aromatic rings. The summed E-state index contributed by atoms with van der Waals surface area (Å²) in [5.41, 5.74) is 1.02. The second-order valence-electron chi connectivity index (χ2n) is 7.82. The fourth-order valence-corrected chi connectivity index (χ4v) is 2.48. The highest BCUT2D eigenvalue weighted by atomic mass is 19.3. The van der Waals surface area contributed by atoms with Crippen molar-refractivity contribution in [3.05, 3.63) is 29.8 Å². The van der Waals surface area contributed by atoms with Gasteiger partial charge in [-0.3, -0.25) is 0 Å². The second kappa shape index (κ2) is 17.0. The molecule has 38 heavy (non-hydrogen) atoms. The van der Waals surface area contributed by atoms with Gasteiger partial charge in [0.15, 0.2) is 0 Å². The van der Waals surface area contributed by atoms with Gasteiger partial charge in [0, 0.05) is 0 Å². The van der Waals surface area contributed by atoms with E-state index in [1.54, 1.807) is 12.1 Å². The molecule has 3 N–H and O–H groups in total. The third kappa shape index (κ3) is 17.0. The van der Waals surface area contributed by atoms with Crippen LogP contribution >= 0.6 is 0 Å². The van der Waals surface area contributed by atoms with Crippen LogP contribution in [0.15, 0.2) is 24.3 Å². The molecule has 222 valence electrons. The minimum Gasteiger partial charge on any atom is -0.491 e. The first-order valence-electron chi connectivity index (χ1n) is 11.2. The number of ether oxygens (including phenoxy) is 7. The Hall–Kier alpha value is -1.76. The molecular formula is C22H32F6O10. The fourth-order valence-electron chi connectivity index (χ4n) is 2.48. The van der Waals surface area contributed by atoms with Gasteiger partial charge in [0.25, 0.3) is 0 Å². The number of hydrogen-bond acceptors (Lipinski definition) is 10. The smallest absolute Gasteiger partial charge is 0.491 e. The molecule has 1 rings (SSSR count). The summed E-state index contributed by atoms with van der Waals surface area (Å²) in [6.07, 6.45) is -17.4. The van der Waals surface area contributed by atoms with Crippen molar-refractivity contribution in [1.82, 2.24) is 0 Å². The number of rotatable bonds is 22. The van der Waals surface area contributed by atoms with Crippen LogP contribution in [0.5, 0.6) is 5.75 Å². The van der Waals surface area contributed by atoms with Crippen molar-refractivity contribution in [1.29, 1.82) is 0 Å². The predicted molar refractivity (Wildman–Crippen MR) is 116 cm³/mol. The van der Waals surface area contributed by atoms with Crippen LogP contribution in [0.25, 0.3) is 0 Å². The number of aliphatic hydroxyl groups excluding tert-OH is 3. The average molecular weight is 570 g/mol. The highest BCUT2D eigenvalue weighted by Gasteiger charge is 2.52. The summed E-state index contributed by atoms with van der Waals surface area (Å²) in [6.45, 7) is -4.51. The molecule has 0 fully saturated rings. The van der Waals surface area contributed by atoms with Crippen LogP contribution in [0, 0.1) is 6.92 Å². The van der Waals surface area contributed by atoms with Gasteiger partial charge in [-0.2, -0.15) is 17.6 Å². The molecule has 0 aliphatic heterocycles. The Bertz CT molecular complexity index is 757. The first-order chi connectivity index (χ1) is 17.7. The molecule has 2 atom stereocenters. The number of aliphatic hydroxyl groups is 3. The molecule has 2 unspecified atom stereocenters. The number of halogens is 6. The van der Waals surface area contributed by atoms with E-state index in [0.29, 0.717) is 5.75 Å². The van der Waals surface area contributed by atoms with Crippen molar-refractivity contribution in [2.24, 2.45) is 0 Å². The molecule has 0 saturated heterocycles. The predicted octanol–water partition coefficient (Wildman–Crippen LogP) is 1.92. The Balaban J connectivity index is 2.23. The SMILES string of the molecule is Cc1ccc(OCC(O)COCCOCC(F)(F)OC(F)(F)OC(F)(F)COCC(O)COCCO)cc1. The zero-order chi connectivity index (χ0) is 28.7. The van der Waals surface area contributed by atoms with Crippen LogP contribution in [0.1, 0.15) is 5.56 Å². The highest BCUT2D eigenvalue weighted by Crippen LogP contribution is 2.33. The summed E-state index contributed by atoms with van der Waals surface area (Å²) in [7, 11) is 0. The molecule has 0 aromatic heterocycles. The molecule has 0 spiro atoms. The molecule has 0 aliphatic carbocycles. The Morgan fingerprint density at radius 1 is 0.684 bits per heavy atom. The van der Waals surface area contributed by atoms with E-state index in [2.05, 4.69) is 18.9 Å². The topological polar surface area (TPSA) is 125 Å². The van der Waals surface area contributed by atoms with E-state index in [-0.39, 0.29) is 33.0 Å². The van der Waals surface area contributed by atoms with Crippen LogP contribution in [0.3, 0.4) is 0 Å². The average Bonchev–Trinajstić information content (AvgIpc) is 2.79. The maximum absolute atomic E-state index is 13.6. The summed E-state index contributed by atoms with van der Waals surface area (Å²) in [4.78, 5) is 0. The third-order valence-corrected chi connectivity index (χ3v) is 4.08. The number of alkyl halides is 6. The van der Waals surface area contributed by atoms with Crippen LogP contribution in [0.4, 0.5) is 26.3 Å². The van der Waals surface area contributed by atoms with Crippen LogP contribution in [-0.2, 0) is 28.4 Å². The minimum atomic E-state index is -5.43. The minimum absolute atomic E-state index is 0.111. The fraction of sp³-hybridized carbons (Fsp3) is 0.727. The molecule has 16 heteroatoms. The van der Waals surface area contributed by atoms with Crippen molar-refractivity contribution >= 4 is 0 Å². The maximum Gasteiger partial charge on any atom is 0.495 e. The van der Waals surface area contributed by atoms with E-state index in [9.17, 15) is 36.6 Å². The van der Waals surface area contributed by atoms with Crippen molar-refractivity contribution in [3.63, 3.8) is 0 Å². The van der Waals surface area contributed by atoms with Gasteiger partial charge in [0.1, 0.15) is 37.8 Å². The van der Waals surface area contributed by atoms with E-state index in [4.69, 9.17) is 19.3 Å². The Morgan fingerprint density at radius 2 is 1.16 bits per heavy atom. The largest absolute Gasteiger partial charge is 0.495 e. The normalized spacial score (nSPS) is 14.5. The standard InChI is InChI=1S/C22H32F6O10/c1-16-2-4-19(5-3-16)36-13-18(31)11-33-8-9-34-14-20(23,24)37-22(27,28)38-21(25,26)15-35-12-17(30)10-32-7-6-29/h2-5,17-18,29-31H,6-15H2,1H3. The third-order valence-electron chi connectivity index (χ3n) is 4.08. The quantitative estimate of drug-likeness (QED) is 0.108. The summed E-state index contributed by atoms with van der Waals surface area (Å²) in [6, 6.07) is 7.02. The van der Waals surface area contributed by atoms with E-state index >= 15 is 0 Å². The van der Waals surface area contributed by atoms with Crippen LogP contribution < -0.4 is 4.74 Å². The lowest BCUT2D eigenvalue weighted by atomic mass is 10.2. The summed E-state index contributed by atoms with van der Waals surface area (Å²) in [5.74, 6) is 0.519. The van der Waals surface area contributed by atoms with Crippen LogP contribution in [0.2, 0.25) is 0 Å². The lowest BCUT2D eigenvalue weighted by Crippen LogP contribution is -2.44. The Labute approximate surface area is 214 Å². The number of aryl methyl sites for hydroxylation is 1. The van der Waals surface area contributed by atoms with Gasteiger partial charge < -0.3 is 39.0 Å². The molecule has 0 aliphatic rings. The molecule has 1 aromatic carbocycles. The summed E-state index contributed by atoms with van der Waals surface area (Å²) >= 11 is 0. The lowest BCUT2D eigenvalue weighted by molar-refractivity contribution is -0.518. The van der Waals surface area contributed by atoms with E-state index < -0.39 is 63.8 Å². The van der Waals surface area contributed by atoms with Crippen molar-refractivity contribution in [2.45, 2.75) is 37.6 Å². The van der Waals surface area contributed by atoms with Gasteiger partial charge >= 0.3 is 18.5 Å². The first kappa shape index (κ1) is 34.3. The lowest BCUT2D eigenvalue weighted by Gasteiger charge is -2.26. The van der Waals surface area contributed by atoms with Crippen LogP contribution in [-0.4, -0.2) is 112 Å². The Kier molecular flexibility index (Phi) is 15.4. The monoisotopic (exact) mass is 570 g/mol. The van der Waals surface area contributed by atoms with Crippen molar-refractivity contribution in [2.75, 3.05) is 66.1 Å².